The van der Waals surface area contributed by atoms with Crippen LogP contribution in [0, 0.1) is 20.8 Å². The first kappa shape index (κ1) is 29.9. The van der Waals surface area contributed by atoms with E-state index in [2.05, 4.69) is 5.32 Å². The van der Waals surface area contributed by atoms with Gasteiger partial charge in [0, 0.05) is 12.6 Å². The van der Waals surface area contributed by atoms with Crippen LogP contribution in [0.25, 0.3) is 0 Å². The second-order valence-corrected chi connectivity index (χ2v) is 11.9. The number of nitrogens with one attached hydrogen (secondary N) is 1. The summed E-state index contributed by atoms with van der Waals surface area (Å²) in [5.41, 5.74) is 4.00. The van der Waals surface area contributed by atoms with Gasteiger partial charge in [-0.05, 0) is 75.9 Å². The lowest BCUT2D eigenvalue weighted by molar-refractivity contribution is -0.139. The summed E-state index contributed by atoms with van der Waals surface area (Å²) in [5, 5.41) is 2.96. The number of aryl methyl sites for hydroxylation is 3. The number of carbonyl (C=O) groups excluding carboxylic acids is 2. The van der Waals surface area contributed by atoms with Crippen LogP contribution in [0.3, 0.4) is 0 Å². The Kier molecular flexibility index (Phi) is 9.92. The average Bonchev–Trinajstić information content (AvgIpc) is 2.91. The highest BCUT2D eigenvalue weighted by Crippen LogP contribution is 2.28. The first-order valence-electron chi connectivity index (χ1n) is 13.2. The van der Waals surface area contributed by atoms with Crippen molar-refractivity contribution >= 4 is 27.5 Å². The Morgan fingerprint density at radius 1 is 0.872 bits per heavy atom. The molecule has 3 aromatic carbocycles. The Hall–Kier alpha value is -3.65. The molecule has 0 heterocycles. The lowest BCUT2D eigenvalue weighted by atomic mass is 10.1. The van der Waals surface area contributed by atoms with E-state index in [-0.39, 0.29) is 23.4 Å². The molecule has 39 heavy (non-hydrogen) atoms. The number of anilines is 1. The summed E-state index contributed by atoms with van der Waals surface area (Å²) in [4.78, 5) is 28.8. The number of hydrogen-bond acceptors (Lipinski definition) is 4. The van der Waals surface area contributed by atoms with Crippen LogP contribution in [0.4, 0.5) is 5.69 Å². The van der Waals surface area contributed by atoms with Crippen LogP contribution in [0.15, 0.2) is 77.7 Å². The van der Waals surface area contributed by atoms with Gasteiger partial charge in [0.2, 0.25) is 11.8 Å². The summed E-state index contributed by atoms with van der Waals surface area (Å²) < 4.78 is 29.0. The second-order valence-electron chi connectivity index (χ2n) is 10.1. The fraction of sp³-hybridized carbons (Fsp3) is 0.355. The molecule has 2 unspecified atom stereocenters. The van der Waals surface area contributed by atoms with E-state index in [1.165, 1.54) is 17.0 Å². The minimum absolute atomic E-state index is 0.0551. The monoisotopic (exact) mass is 549 g/mol. The third-order valence-electron chi connectivity index (χ3n) is 7.00. The molecule has 3 rings (SSSR count). The van der Waals surface area contributed by atoms with Gasteiger partial charge < -0.3 is 10.2 Å². The number of hydrogen-bond donors (Lipinski definition) is 1. The summed E-state index contributed by atoms with van der Waals surface area (Å²) >= 11 is 0. The van der Waals surface area contributed by atoms with E-state index in [1.54, 1.807) is 31.2 Å². The fourth-order valence-corrected chi connectivity index (χ4v) is 5.84. The predicted molar refractivity (Wildman–Crippen MR) is 156 cm³/mol. The van der Waals surface area contributed by atoms with Gasteiger partial charge in [0.05, 0.1) is 10.6 Å². The number of benzene rings is 3. The van der Waals surface area contributed by atoms with Crippen LogP contribution in [0.1, 0.15) is 49.4 Å². The van der Waals surface area contributed by atoms with Gasteiger partial charge in [0.25, 0.3) is 10.0 Å². The van der Waals surface area contributed by atoms with Gasteiger partial charge in [-0.3, -0.25) is 13.9 Å². The second kappa shape index (κ2) is 12.9. The molecule has 8 heteroatoms. The lowest BCUT2D eigenvalue weighted by Gasteiger charge is -2.33. The van der Waals surface area contributed by atoms with E-state index in [9.17, 15) is 18.0 Å². The molecule has 0 aliphatic heterocycles. The van der Waals surface area contributed by atoms with Gasteiger partial charge in [0.1, 0.15) is 12.6 Å². The molecule has 0 spiro atoms. The first-order chi connectivity index (χ1) is 18.4. The summed E-state index contributed by atoms with van der Waals surface area (Å²) in [6.45, 7) is 11.0. The minimum Gasteiger partial charge on any atom is -0.352 e. The third kappa shape index (κ3) is 7.26. The standard InChI is InChI=1S/C31H39N3O4S/c1-7-25(5)32-31(36)26(6)33(20-27-14-12-11-13-23(27)3)30(35)21-34(29-18-17-22(2)19-24(29)4)39(37,38)28-15-9-8-10-16-28/h8-19,25-26H,7,20-21H2,1-6H3,(H,32,36). The van der Waals surface area contributed by atoms with E-state index in [0.29, 0.717) is 5.69 Å². The number of carbonyl (C=O) groups is 2. The highest BCUT2D eigenvalue weighted by molar-refractivity contribution is 7.92. The van der Waals surface area contributed by atoms with Crippen LogP contribution >= 0.6 is 0 Å². The maximum absolute atomic E-state index is 14.0. The van der Waals surface area contributed by atoms with Crippen LogP contribution in [0.5, 0.6) is 0 Å². The Balaban J connectivity index is 2.06. The van der Waals surface area contributed by atoms with Gasteiger partial charge in [-0.1, -0.05) is 67.1 Å². The van der Waals surface area contributed by atoms with Gasteiger partial charge in [0.15, 0.2) is 0 Å². The van der Waals surface area contributed by atoms with Crippen LogP contribution < -0.4 is 9.62 Å². The van der Waals surface area contributed by atoms with Crippen molar-refractivity contribution in [3.63, 3.8) is 0 Å². The minimum atomic E-state index is -4.08. The topological polar surface area (TPSA) is 86.8 Å². The van der Waals surface area contributed by atoms with Crippen molar-refractivity contribution in [1.82, 2.24) is 10.2 Å². The number of amides is 2. The third-order valence-corrected chi connectivity index (χ3v) is 8.78. The Labute approximate surface area is 232 Å². The summed E-state index contributed by atoms with van der Waals surface area (Å²) in [6, 6.07) is 20.3. The number of rotatable bonds is 11. The average molecular weight is 550 g/mol. The molecule has 1 N–H and O–H groups in total. The van der Waals surface area contributed by atoms with Crippen molar-refractivity contribution in [2.75, 3.05) is 10.8 Å². The summed E-state index contributed by atoms with van der Waals surface area (Å²) in [6.07, 6.45) is 0.750. The fourth-order valence-electron chi connectivity index (χ4n) is 4.34. The van der Waals surface area contributed by atoms with Crippen molar-refractivity contribution in [2.45, 2.75) is 71.5 Å². The largest absolute Gasteiger partial charge is 0.352 e. The quantitative estimate of drug-likeness (QED) is 0.359. The summed E-state index contributed by atoms with van der Waals surface area (Å²) in [5.74, 6) is -0.750. The SMILES string of the molecule is CCC(C)NC(=O)C(C)N(Cc1ccccc1C)C(=O)CN(c1ccc(C)cc1C)S(=O)(=O)c1ccccc1. The molecule has 2 amide bonds. The molecule has 0 saturated carbocycles. The number of sulfonamides is 1. The predicted octanol–water partition coefficient (Wildman–Crippen LogP) is 5.14. The number of nitrogens with zero attached hydrogens (tertiary/aromatic N) is 2. The molecule has 0 aliphatic rings. The molecule has 208 valence electrons. The highest BCUT2D eigenvalue weighted by atomic mass is 32.2. The molecule has 0 bridgehead atoms. The molecule has 0 aromatic heterocycles. The van der Waals surface area contributed by atoms with E-state index < -0.39 is 28.5 Å². The molecule has 0 radical (unpaired) electrons. The maximum Gasteiger partial charge on any atom is 0.264 e. The molecule has 7 nitrogen and oxygen atoms in total. The molecule has 3 aromatic rings. The van der Waals surface area contributed by atoms with Crippen LogP contribution in [-0.4, -0.2) is 43.8 Å². The van der Waals surface area contributed by atoms with Crippen LogP contribution in [0.2, 0.25) is 0 Å². The van der Waals surface area contributed by atoms with Gasteiger partial charge in [-0.25, -0.2) is 8.42 Å². The van der Waals surface area contributed by atoms with E-state index >= 15 is 0 Å². The normalized spacial score (nSPS) is 12.9. The van der Waals surface area contributed by atoms with Crippen molar-refractivity contribution in [3.05, 3.63) is 95.1 Å². The van der Waals surface area contributed by atoms with E-state index in [1.807, 2.05) is 71.0 Å². The maximum atomic E-state index is 14.0. The van der Waals surface area contributed by atoms with Crippen molar-refractivity contribution in [1.29, 1.82) is 0 Å². The zero-order valence-electron chi connectivity index (χ0n) is 23.6. The van der Waals surface area contributed by atoms with Crippen molar-refractivity contribution in [3.8, 4) is 0 Å². The Morgan fingerprint density at radius 2 is 1.51 bits per heavy atom. The van der Waals surface area contributed by atoms with Gasteiger partial charge in [-0.2, -0.15) is 0 Å². The van der Waals surface area contributed by atoms with E-state index in [0.717, 1.165) is 33.0 Å². The lowest BCUT2D eigenvalue weighted by Crippen LogP contribution is -2.52. The van der Waals surface area contributed by atoms with Crippen LogP contribution in [-0.2, 0) is 26.2 Å². The zero-order valence-corrected chi connectivity index (χ0v) is 24.5. The first-order valence-corrected chi connectivity index (χ1v) is 14.7. The van der Waals surface area contributed by atoms with Gasteiger partial charge >= 0.3 is 0 Å². The van der Waals surface area contributed by atoms with Crippen molar-refractivity contribution in [2.24, 2.45) is 0 Å². The summed E-state index contributed by atoms with van der Waals surface area (Å²) in [7, 11) is -4.08. The molecule has 2 atom stereocenters. The van der Waals surface area contributed by atoms with E-state index in [4.69, 9.17) is 0 Å². The highest BCUT2D eigenvalue weighted by Gasteiger charge is 2.33. The van der Waals surface area contributed by atoms with Crippen molar-refractivity contribution < 1.29 is 18.0 Å². The zero-order chi connectivity index (χ0) is 28.7. The molecular weight excluding hydrogens is 510 g/mol. The molecule has 0 aliphatic carbocycles. The Bertz CT molecular complexity index is 1410. The molecular formula is C31H39N3O4S. The van der Waals surface area contributed by atoms with Gasteiger partial charge in [-0.15, -0.1) is 0 Å². The molecule has 0 saturated heterocycles. The Morgan fingerprint density at radius 3 is 2.13 bits per heavy atom. The smallest absolute Gasteiger partial charge is 0.264 e. The molecule has 0 fully saturated rings.